The summed E-state index contributed by atoms with van der Waals surface area (Å²) in [6.45, 7) is 3.41. The Bertz CT molecular complexity index is 657. The molecule has 27 heavy (non-hydrogen) atoms. The van der Waals surface area contributed by atoms with Crippen molar-refractivity contribution in [3.63, 3.8) is 0 Å². The third kappa shape index (κ3) is 5.59. The van der Waals surface area contributed by atoms with Gasteiger partial charge in [-0.25, -0.2) is 0 Å². The Morgan fingerprint density at radius 2 is 1.96 bits per heavy atom. The molecule has 1 aliphatic carbocycles. The van der Waals surface area contributed by atoms with Crippen LogP contribution in [-0.2, 0) is 4.79 Å². The number of carbonyl (C=O) groups excluding carboxylic acids is 1. The lowest BCUT2D eigenvalue weighted by Gasteiger charge is -2.29. The lowest BCUT2D eigenvalue weighted by molar-refractivity contribution is -0.138. The smallest absolute Gasteiger partial charge is 0.230 e. The van der Waals surface area contributed by atoms with Gasteiger partial charge in [-0.3, -0.25) is 9.79 Å². The predicted octanol–water partition coefficient (Wildman–Crippen LogP) is 2.58. The van der Waals surface area contributed by atoms with Crippen LogP contribution < -0.4 is 10.6 Å². The van der Waals surface area contributed by atoms with Crippen LogP contribution in [0.25, 0.3) is 0 Å². The van der Waals surface area contributed by atoms with E-state index in [0.29, 0.717) is 29.6 Å². The number of aliphatic hydroxyl groups is 1. The summed E-state index contributed by atoms with van der Waals surface area (Å²) in [5, 5.41) is 17.3. The van der Waals surface area contributed by atoms with Crippen LogP contribution in [0, 0.1) is 5.41 Å². The first-order valence-electron chi connectivity index (χ1n) is 9.56. The number of amides is 1. The third-order valence-electron chi connectivity index (χ3n) is 5.03. The molecule has 1 aromatic rings. The van der Waals surface area contributed by atoms with Gasteiger partial charge in [0.05, 0.1) is 18.1 Å². The molecule has 1 fully saturated rings. The third-order valence-corrected chi connectivity index (χ3v) is 5.38. The van der Waals surface area contributed by atoms with E-state index in [1.54, 1.807) is 25.1 Å². The van der Waals surface area contributed by atoms with E-state index >= 15 is 0 Å². The molecule has 1 unspecified atom stereocenters. The second-order valence-corrected chi connectivity index (χ2v) is 7.71. The van der Waals surface area contributed by atoms with Crippen LogP contribution >= 0.6 is 11.6 Å². The van der Waals surface area contributed by atoms with Gasteiger partial charge in [-0.1, -0.05) is 42.6 Å². The monoisotopic (exact) mass is 394 g/mol. The lowest BCUT2D eigenvalue weighted by atomic mass is 9.85. The standard InChI is InChI=1S/C20H31ClN4O2/c1-4-22-19(23-13-17(26)15-9-5-6-10-16(15)21)24-14-20(11-7-8-12-20)18(27)25(2)3/h5-6,9-10,17,26H,4,7-8,11-14H2,1-3H3,(H2,22,23,24). The molecule has 0 aromatic heterocycles. The van der Waals surface area contributed by atoms with Crippen molar-refractivity contribution in [2.24, 2.45) is 10.4 Å². The van der Waals surface area contributed by atoms with Gasteiger partial charge in [0, 0.05) is 37.8 Å². The molecule has 1 atom stereocenters. The SMILES string of the molecule is CCNC(=NCC1(C(=O)N(C)C)CCCC1)NCC(O)c1ccccc1Cl. The summed E-state index contributed by atoms with van der Waals surface area (Å²) in [6.07, 6.45) is 3.12. The fourth-order valence-electron chi connectivity index (χ4n) is 3.59. The van der Waals surface area contributed by atoms with Gasteiger partial charge in [0.25, 0.3) is 0 Å². The highest BCUT2D eigenvalue weighted by Crippen LogP contribution is 2.39. The Kier molecular flexibility index (Phi) is 7.92. The van der Waals surface area contributed by atoms with Crippen molar-refractivity contribution >= 4 is 23.5 Å². The Labute approximate surface area is 167 Å². The molecule has 1 amide bonds. The molecule has 0 radical (unpaired) electrons. The molecule has 7 heteroatoms. The van der Waals surface area contributed by atoms with Gasteiger partial charge in [0.2, 0.25) is 5.91 Å². The van der Waals surface area contributed by atoms with Crippen molar-refractivity contribution in [1.82, 2.24) is 15.5 Å². The first-order valence-corrected chi connectivity index (χ1v) is 9.94. The van der Waals surface area contributed by atoms with Crippen LogP contribution in [0.15, 0.2) is 29.3 Å². The van der Waals surface area contributed by atoms with E-state index in [1.807, 2.05) is 25.1 Å². The molecule has 3 N–H and O–H groups in total. The minimum absolute atomic E-state index is 0.149. The Hall–Kier alpha value is -1.79. The number of guanidine groups is 1. The average Bonchev–Trinajstić information content (AvgIpc) is 3.13. The topological polar surface area (TPSA) is 77.0 Å². The minimum Gasteiger partial charge on any atom is -0.387 e. The fourth-order valence-corrected chi connectivity index (χ4v) is 3.85. The van der Waals surface area contributed by atoms with Crippen LogP contribution in [0.4, 0.5) is 0 Å². The zero-order chi connectivity index (χ0) is 19.9. The molecule has 1 aromatic carbocycles. The summed E-state index contributed by atoms with van der Waals surface area (Å²) in [5.41, 5.74) is 0.269. The van der Waals surface area contributed by atoms with Gasteiger partial charge in [0.1, 0.15) is 0 Å². The second kappa shape index (κ2) is 9.95. The number of nitrogens with zero attached hydrogens (tertiary/aromatic N) is 2. The molecule has 0 heterocycles. The summed E-state index contributed by atoms with van der Waals surface area (Å²) in [6, 6.07) is 7.25. The molecular formula is C20H31ClN4O2. The first-order chi connectivity index (χ1) is 12.9. The number of rotatable bonds is 7. The number of aliphatic imine (C=N–C) groups is 1. The molecular weight excluding hydrogens is 364 g/mol. The van der Waals surface area contributed by atoms with Crippen molar-refractivity contribution < 1.29 is 9.90 Å². The number of nitrogens with one attached hydrogen (secondary N) is 2. The van der Waals surface area contributed by atoms with E-state index in [0.717, 1.165) is 25.7 Å². The average molecular weight is 395 g/mol. The maximum absolute atomic E-state index is 12.7. The van der Waals surface area contributed by atoms with Gasteiger partial charge < -0.3 is 20.6 Å². The van der Waals surface area contributed by atoms with E-state index < -0.39 is 11.5 Å². The first kappa shape index (κ1) is 21.5. The number of benzene rings is 1. The molecule has 2 rings (SSSR count). The van der Waals surface area contributed by atoms with Crippen LogP contribution in [0.3, 0.4) is 0 Å². The summed E-state index contributed by atoms with van der Waals surface area (Å²) < 4.78 is 0. The summed E-state index contributed by atoms with van der Waals surface area (Å²) >= 11 is 6.15. The van der Waals surface area contributed by atoms with Crippen molar-refractivity contribution in [3.8, 4) is 0 Å². The number of halogens is 1. The van der Waals surface area contributed by atoms with Crippen molar-refractivity contribution in [1.29, 1.82) is 0 Å². The van der Waals surface area contributed by atoms with Crippen molar-refractivity contribution in [2.45, 2.75) is 38.7 Å². The fraction of sp³-hybridized carbons (Fsp3) is 0.600. The number of hydrogen-bond donors (Lipinski definition) is 3. The molecule has 0 bridgehead atoms. The van der Waals surface area contributed by atoms with Crippen LogP contribution in [0.5, 0.6) is 0 Å². The normalized spacial score (nSPS) is 17.4. The Morgan fingerprint density at radius 1 is 1.30 bits per heavy atom. The van der Waals surface area contributed by atoms with E-state index in [9.17, 15) is 9.90 Å². The molecule has 150 valence electrons. The molecule has 0 saturated heterocycles. The maximum Gasteiger partial charge on any atom is 0.230 e. The Morgan fingerprint density at radius 3 is 2.56 bits per heavy atom. The van der Waals surface area contributed by atoms with E-state index in [1.165, 1.54) is 0 Å². The summed E-state index contributed by atoms with van der Waals surface area (Å²) in [5.74, 6) is 0.747. The highest BCUT2D eigenvalue weighted by Gasteiger charge is 2.42. The van der Waals surface area contributed by atoms with Gasteiger partial charge in [-0.05, 0) is 25.8 Å². The highest BCUT2D eigenvalue weighted by atomic mass is 35.5. The van der Waals surface area contributed by atoms with E-state index in [-0.39, 0.29) is 12.5 Å². The molecule has 1 aliphatic rings. The predicted molar refractivity (Wildman–Crippen MR) is 110 cm³/mol. The largest absolute Gasteiger partial charge is 0.387 e. The molecule has 0 spiro atoms. The number of hydrogen-bond acceptors (Lipinski definition) is 3. The van der Waals surface area contributed by atoms with Gasteiger partial charge in [-0.2, -0.15) is 0 Å². The van der Waals surface area contributed by atoms with Crippen molar-refractivity contribution in [2.75, 3.05) is 33.7 Å². The molecule has 6 nitrogen and oxygen atoms in total. The number of carbonyl (C=O) groups is 1. The van der Waals surface area contributed by atoms with Crippen LogP contribution in [0.1, 0.15) is 44.3 Å². The van der Waals surface area contributed by atoms with Crippen LogP contribution in [-0.4, -0.2) is 55.6 Å². The molecule has 0 aliphatic heterocycles. The summed E-state index contributed by atoms with van der Waals surface area (Å²) in [4.78, 5) is 19.0. The van der Waals surface area contributed by atoms with Gasteiger partial charge in [0.15, 0.2) is 5.96 Å². The molecule has 1 saturated carbocycles. The number of aliphatic hydroxyl groups excluding tert-OH is 1. The maximum atomic E-state index is 12.7. The lowest BCUT2D eigenvalue weighted by Crippen LogP contribution is -2.43. The highest BCUT2D eigenvalue weighted by molar-refractivity contribution is 6.31. The Balaban J connectivity index is 2.05. The van der Waals surface area contributed by atoms with Gasteiger partial charge in [-0.15, -0.1) is 0 Å². The van der Waals surface area contributed by atoms with Crippen LogP contribution in [0.2, 0.25) is 5.02 Å². The van der Waals surface area contributed by atoms with E-state index in [2.05, 4.69) is 15.6 Å². The summed E-state index contributed by atoms with van der Waals surface area (Å²) in [7, 11) is 3.60. The second-order valence-electron chi connectivity index (χ2n) is 7.30. The minimum atomic E-state index is -0.744. The zero-order valence-electron chi connectivity index (χ0n) is 16.5. The zero-order valence-corrected chi connectivity index (χ0v) is 17.2. The van der Waals surface area contributed by atoms with E-state index in [4.69, 9.17) is 11.6 Å². The van der Waals surface area contributed by atoms with Gasteiger partial charge >= 0.3 is 0 Å². The quantitative estimate of drug-likeness (QED) is 0.490. The van der Waals surface area contributed by atoms with Crippen molar-refractivity contribution in [3.05, 3.63) is 34.9 Å².